The zero-order valence-corrected chi connectivity index (χ0v) is 17.2. The fraction of sp³-hybridized carbons (Fsp3) is 0.750. The standard InChI is InChI=1S/C16H27N3O6S/c1-9(2)10(17-14(21)25-15(3,4)5)11(20)12-18-19-13(24-12)16(6,7)26(8,22)23/h9-10H,1-8H3,(H,17,21). The monoisotopic (exact) mass is 389 g/mol. The average molecular weight is 389 g/mol. The van der Waals surface area contributed by atoms with Crippen molar-refractivity contribution in [2.75, 3.05) is 6.26 Å². The van der Waals surface area contributed by atoms with E-state index in [9.17, 15) is 18.0 Å². The Balaban J connectivity index is 3.07. The predicted molar refractivity (Wildman–Crippen MR) is 94.5 cm³/mol. The molecule has 0 bridgehead atoms. The van der Waals surface area contributed by atoms with Gasteiger partial charge >= 0.3 is 6.09 Å². The lowest BCUT2D eigenvalue weighted by atomic mass is 10.00. The molecule has 0 saturated carbocycles. The lowest BCUT2D eigenvalue weighted by molar-refractivity contribution is 0.0472. The highest BCUT2D eigenvalue weighted by Gasteiger charge is 2.39. The van der Waals surface area contributed by atoms with Gasteiger partial charge in [-0.05, 0) is 40.5 Å². The normalized spacial score (nSPS) is 14.2. The second-order valence-electron chi connectivity index (χ2n) is 7.93. The third kappa shape index (κ3) is 5.26. The molecule has 0 spiro atoms. The van der Waals surface area contributed by atoms with Crippen LogP contribution in [0, 0.1) is 5.92 Å². The molecule has 26 heavy (non-hydrogen) atoms. The van der Waals surface area contributed by atoms with Crippen LogP contribution in [0.15, 0.2) is 4.42 Å². The zero-order chi connectivity index (χ0) is 20.5. The number of rotatable bonds is 6. The summed E-state index contributed by atoms with van der Waals surface area (Å²) in [6.07, 6.45) is 0.292. The lowest BCUT2D eigenvalue weighted by Crippen LogP contribution is -2.46. The van der Waals surface area contributed by atoms with Gasteiger partial charge in [-0.25, -0.2) is 13.2 Å². The van der Waals surface area contributed by atoms with Crippen molar-refractivity contribution in [3.63, 3.8) is 0 Å². The van der Waals surface area contributed by atoms with Crippen LogP contribution < -0.4 is 5.32 Å². The van der Waals surface area contributed by atoms with E-state index < -0.39 is 38.1 Å². The van der Waals surface area contributed by atoms with E-state index in [4.69, 9.17) is 9.15 Å². The number of ketones is 1. The maximum absolute atomic E-state index is 12.7. The summed E-state index contributed by atoms with van der Waals surface area (Å²) in [4.78, 5) is 24.6. The number of nitrogens with zero attached hydrogens (tertiary/aromatic N) is 2. The number of Topliss-reactive ketones (excluding diaryl/α,β-unsaturated/α-hetero) is 1. The maximum Gasteiger partial charge on any atom is 0.408 e. The number of sulfone groups is 1. The molecule has 0 aliphatic carbocycles. The molecule has 1 N–H and O–H groups in total. The minimum Gasteiger partial charge on any atom is -0.444 e. The first-order valence-corrected chi connectivity index (χ1v) is 10.0. The quantitative estimate of drug-likeness (QED) is 0.732. The Morgan fingerprint density at radius 2 is 1.65 bits per heavy atom. The van der Waals surface area contributed by atoms with Crippen molar-refractivity contribution in [1.29, 1.82) is 0 Å². The highest BCUT2D eigenvalue weighted by Crippen LogP contribution is 2.28. The number of aromatic nitrogens is 2. The molecule has 1 rings (SSSR count). The molecule has 0 saturated heterocycles. The second kappa shape index (κ2) is 7.34. The summed E-state index contributed by atoms with van der Waals surface area (Å²) in [7, 11) is -3.54. The van der Waals surface area contributed by atoms with Gasteiger partial charge in [0.15, 0.2) is 9.84 Å². The smallest absolute Gasteiger partial charge is 0.408 e. The van der Waals surface area contributed by atoms with Gasteiger partial charge in [0.2, 0.25) is 11.7 Å². The minimum absolute atomic E-state index is 0.192. The molecule has 1 aromatic rings. The van der Waals surface area contributed by atoms with Crippen LogP contribution in [0.4, 0.5) is 4.79 Å². The summed E-state index contributed by atoms with van der Waals surface area (Å²) >= 11 is 0. The molecule has 10 heteroatoms. The van der Waals surface area contributed by atoms with Gasteiger partial charge in [-0.1, -0.05) is 13.8 Å². The van der Waals surface area contributed by atoms with Crippen molar-refractivity contribution in [2.45, 2.75) is 64.9 Å². The van der Waals surface area contributed by atoms with Crippen LogP contribution in [-0.2, 0) is 19.3 Å². The van der Waals surface area contributed by atoms with Crippen LogP contribution >= 0.6 is 0 Å². The van der Waals surface area contributed by atoms with Gasteiger partial charge in [-0.15, -0.1) is 10.2 Å². The summed E-state index contributed by atoms with van der Waals surface area (Å²) in [5.41, 5.74) is -0.716. The Bertz CT molecular complexity index is 774. The molecule has 148 valence electrons. The van der Waals surface area contributed by atoms with Crippen LogP contribution in [0.2, 0.25) is 0 Å². The summed E-state index contributed by atoms with van der Waals surface area (Å²) in [5, 5.41) is 9.85. The minimum atomic E-state index is -3.54. The molecule has 0 fully saturated rings. The highest BCUT2D eigenvalue weighted by molar-refractivity contribution is 7.91. The first-order valence-electron chi connectivity index (χ1n) is 8.13. The lowest BCUT2D eigenvalue weighted by Gasteiger charge is -2.24. The van der Waals surface area contributed by atoms with E-state index in [0.29, 0.717) is 0 Å². The van der Waals surface area contributed by atoms with E-state index in [1.807, 2.05) is 0 Å². The number of carbonyl (C=O) groups is 2. The molecule has 1 atom stereocenters. The van der Waals surface area contributed by atoms with Gasteiger partial charge in [-0.3, -0.25) is 4.79 Å². The number of carbonyl (C=O) groups excluding carboxylic acids is 2. The van der Waals surface area contributed by atoms with Gasteiger partial charge in [0, 0.05) is 6.26 Å². The summed E-state index contributed by atoms with van der Waals surface area (Å²) < 4.78 is 32.8. The van der Waals surface area contributed by atoms with E-state index in [1.165, 1.54) is 13.8 Å². The van der Waals surface area contributed by atoms with E-state index >= 15 is 0 Å². The number of alkyl carbamates (subject to hydrolysis) is 1. The van der Waals surface area contributed by atoms with Gasteiger partial charge < -0.3 is 14.5 Å². The summed E-state index contributed by atoms with van der Waals surface area (Å²) in [6.45, 7) is 11.4. The SMILES string of the molecule is CC(C)C(NC(=O)OC(C)(C)C)C(=O)c1nnc(C(C)(C)S(C)(=O)=O)o1. The molecule has 9 nitrogen and oxygen atoms in total. The number of hydrogen-bond donors (Lipinski definition) is 1. The van der Waals surface area contributed by atoms with Crippen molar-refractivity contribution in [3.8, 4) is 0 Å². The first kappa shape index (κ1) is 22.1. The van der Waals surface area contributed by atoms with Gasteiger partial charge in [0.05, 0.1) is 0 Å². The van der Waals surface area contributed by atoms with Crippen LogP contribution in [-0.4, -0.2) is 48.4 Å². The topological polar surface area (TPSA) is 128 Å². The molecule has 1 aromatic heterocycles. The van der Waals surface area contributed by atoms with E-state index in [-0.39, 0.29) is 17.7 Å². The Labute approximate surface area is 153 Å². The van der Waals surface area contributed by atoms with Crippen molar-refractivity contribution in [2.24, 2.45) is 5.92 Å². The molecule has 0 aromatic carbocycles. The number of amides is 1. The molecular weight excluding hydrogens is 362 g/mol. The molecule has 0 aliphatic rings. The molecule has 0 radical (unpaired) electrons. The molecule has 1 amide bonds. The average Bonchev–Trinajstić information content (AvgIpc) is 2.90. The van der Waals surface area contributed by atoms with Gasteiger partial charge in [0.1, 0.15) is 16.4 Å². The van der Waals surface area contributed by atoms with E-state index in [1.54, 1.807) is 34.6 Å². The van der Waals surface area contributed by atoms with Crippen LogP contribution in [0.3, 0.4) is 0 Å². The predicted octanol–water partition coefficient (Wildman–Crippen LogP) is 2.08. The van der Waals surface area contributed by atoms with Crippen molar-refractivity contribution in [3.05, 3.63) is 11.8 Å². The fourth-order valence-corrected chi connectivity index (χ4v) is 2.23. The first-order chi connectivity index (χ1) is 11.6. The van der Waals surface area contributed by atoms with E-state index in [2.05, 4.69) is 15.5 Å². The molecule has 1 unspecified atom stereocenters. The highest BCUT2D eigenvalue weighted by atomic mass is 32.2. The molecule has 1 heterocycles. The fourth-order valence-electron chi connectivity index (χ4n) is 1.83. The van der Waals surface area contributed by atoms with Crippen LogP contribution in [0.5, 0.6) is 0 Å². The van der Waals surface area contributed by atoms with E-state index in [0.717, 1.165) is 6.26 Å². The molecular formula is C16H27N3O6S. The Morgan fingerprint density at radius 3 is 2.08 bits per heavy atom. The maximum atomic E-state index is 12.7. The third-order valence-electron chi connectivity index (χ3n) is 3.70. The van der Waals surface area contributed by atoms with Gasteiger partial charge in [-0.2, -0.15) is 0 Å². The van der Waals surface area contributed by atoms with Crippen LogP contribution in [0.25, 0.3) is 0 Å². The number of ether oxygens (including phenoxy) is 1. The van der Waals surface area contributed by atoms with Crippen molar-refractivity contribution in [1.82, 2.24) is 15.5 Å². The third-order valence-corrected chi connectivity index (χ3v) is 5.73. The second-order valence-corrected chi connectivity index (χ2v) is 10.5. The van der Waals surface area contributed by atoms with Gasteiger partial charge in [0.25, 0.3) is 5.89 Å². The van der Waals surface area contributed by atoms with Crippen molar-refractivity contribution >= 4 is 21.7 Å². The number of hydrogen-bond acceptors (Lipinski definition) is 8. The zero-order valence-electron chi connectivity index (χ0n) is 16.4. The largest absolute Gasteiger partial charge is 0.444 e. The Morgan fingerprint density at radius 1 is 1.12 bits per heavy atom. The molecule has 0 aliphatic heterocycles. The Kier molecular flexibility index (Phi) is 6.23. The number of nitrogens with one attached hydrogen (secondary N) is 1. The Hall–Kier alpha value is -1.97. The van der Waals surface area contributed by atoms with Crippen LogP contribution in [0.1, 0.15) is 65.0 Å². The summed E-state index contributed by atoms with van der Waals surface area (Å²) in [6, 6.07) is -0.959. The van der Waals surface area contributed by atoms with Crippen molar-refractivity contribution < 1.29 is 27.2 Å². The summed E-state index contributed by atoms with van der Waals surface area (Å²) in [5.74, 6) is -1.46.